The predicted octanol–water partition coefficient (Wildman–Crippen LogP) is 2.98. The van der Waals surface area contributed by atoms with Crippen molar-refractivity contribution in [2.75, 3.05) is 54.9 Å². The van der Waals surface area contributed by atoms with Crippen molar-refractivity contribution < 1.29 is 23.1 Å². The Kier molecular flexibility index (Phi) is 6.24. The highest BCUT2D eigenvalue weighted by atomic mass is 19.1. The molecule has 4 aliphatic rings. The Morgan fingerprint density at radius 2 is 1.95 bits per heavy atom. The molecule has 2 aromatic carbocycles. The lowest BCUT2D eigenvalue weighted by Gasteiger charge is -2.26. The molecule has 218 valence electrons. The van der Waals surface area contributed by atoms with Gasteiger partial charge in [0.15, 0.2) is 17.2 Å². The minimum Gasteiger partial charge on any atom is -0.438 e. The Morgan fingerprint density at radius 3 is 2.74 bits per heavy atom. The maximum absolute atomic E-state index is 15.4. The number of aromatic nitrogens is 1. The molecule has 1 aromatic heterocycles. The van der Waals surface area contributed by atoms with Crippen molar-refractivity contribution in [2.45, 2.75) is 18.1 Å². The van der Waals surface area contributed by atoms with Crippen LogP contribution in [0, 0.1) is 11.6 Å². The minimum atomic E-state index is -0.794. The van der Waals surface area contributed by atoms with Gasteiger partial charge in [0.1, 0.15) is 5.69 Å². The monoisotopic (exact) mass is 577 g/mol. The summed E-state index contributed by atoms with van der Waals surface area (Å²) < 4.78 is 36.6. The van der Waals surface area contributed by atoms with Gasteiger partial charge < -0.3 is 20.4 Å². The maximum Gasteiger partial charge on any atom is 0.415 e. The van der Waals surface area contributed by atoms with E-state index in [1.807, 2.05) is 48.6 Å². The number of carbonyl (C=O) groups is 2. The van der Waals surface area contributed by atoms with Crippen LogP contribution in [0.5, 0.6) is 0 Å². The molecule has 3 aliphatic heterocycles. The predicted molar refractivity (Wildman–Crippen MR) is 151 cm³/mol. The smallest absolute Gasteiger partial charge is 0.415 e. The van der Waals surface area contributed by atoms with E-state index in [4.69, 9.17) is 4.74 Å². The Bertz CT molecular complexity index is 1580. The van der Waals surface area contributed by atoms with Gasteiger partial charge in [-0.15, -0.1) is 5.12 Å². The van der Waals surface area contributed by atoms with Gasteiger partial charge in [0.25, 0.3) is 0 Å². The van der Waals surface area contributed by atoms with Gasteiger partial charge in [-0.2, -0.15) is 0 Å². The zero-order valence-electron chi connectivity index (χ0n) is 22.8. The molecule has 1 aliphatic carbocycles. The van der Waals surface area contributed by atoms with E-state index in [0.717, 1.165) is 23.0 Å². The number of amides is 3. The Hall–Kier alpha value is -4.69. The van der Waals surface area contributed by atoms with E-state index in [9.17, 15) is 9.59 Å². The normalized spacial score (nSPS) is 23.9. The standard InChI is InChI=1S/C28H29F2N9O3/c1-35-32-7-9-39(35)24-15-28(24)17-37(27(41)42-28)20-13-21(29)25(22(30)14-20)36-8-6-33-38(11-10-36)26(40)34-19-12-18-4-2-3-5-23(18)31-16-19/h2-5,7,9,12-14,16,24,32-33H,6,8,10-11,15,17H2,1H3,(H,34,40)/t24-,28-/m0/s1. The molecule has 4 heterocycles. The summed E-state index contributed by atoms with van der Waals surface area (Å²) in [4.78, 5) is 32.9. The molecule has 1 saturated carbocycles. The van der Waals surface area contributed by atoms with Crippen LogP contribution in [0.4, 0.5) is 35.4 Å². The van der Waals surface area contributed by atoms with Crippen molar-refractivity contribution in [3.05, 3.63) is 72.7 Å². The van der Waals surface area contributed by atoms with Crippen molar-refractivity contribution in [3.8, 4) is 0 Å². The van der Waals surface area contributed by atoms with E-state index in [-0.39, 0.29) is 50.1 Å². The molecule has 2 saturated heterocycles. The Morgan fingerprint density at radius 1 is 1.14 bits per heavy atom. The number of hydrazine groups is 3. The fourth-order valence-corrected chi connectivity index (χ4v) is 5.84. The van der Waals surface area contributed by atoms with E-state index in [1.54, 1.807) is 22.4 Å². The fraction of sp³-hybridized carbons (Fsp3) is 0.321. The van der Waals surface area contributed by atoms with Gasteiger partial charge >= 0.3 is 12.1 Å². The third-order valence-corrected chi connectivity index (χ3v) is 8.07. The molecule has 1 spiro atoms. The second kappa shape index (κ2) is 9.99. The number of nitrogens with zero attached hydrogens (tertiary/aromatic N) is 6. The van der Waals surface area contributed by atoms with Crippen molar-refractivity contribution in [2.24, 2.45) is 0 Å². The molecule has 42 heavy (non-hydrogen) atoms. The van der Waals surface area contributed by atoms with Crippen molar-refractivity contribution in [1.29, 1.82) is 0 Å². The lowest BCUT2D eigenvalue weighted by Crippen LogP contribution is -2.46. The van der Waals surface area contributed by atoms with Crippen LogP contribution in [-0.4, -0.2) is 83.7 Å². The van der Waals surface area contributed by atoms with Crippen LogP contribution in [0.1, 0.15) is 6.42 Å². The van der Waals surface area contributed by atoms with Crippen molar-refractivity contribution in [3.63, 3.8) is 0 Å². The SMILES string of the molecule is CN1NC=CN1[C@H]1C[C@]12CN(c1cc(F)c(N3CCNN(C(=O)Nc4cnc5ccccc5c4)CC3)c(F)c1)C(=O)O2. The van der Waals surface area contributed by atoms with Gasteiger partial charge in [0.2, 0.25) is 0 Å². The third kappa shape index (κ3) is 4.58. The topological polar surface area (TPSA) is 109 Å². The first-order chi connectivity index (χ1) is 20.3. The number of anilines is 3. The molecule has 3 aromatic rings. The van der Waals surface area contributed by atoms with Gasteiger partial charge in [-0.25, -0.2) is 23.8 Å². The summed E-state index contributed by atoms with van der Waals surface area (Å²) in [5.41, 5.74) is 6.54. The van der Waals surface area contributed by atoms with E-state index >= 15 is 8.78 Å². The lowest BCUT2D eigenvalue weighted by atomic mass is 10.2. The molecule has 2 atom stereocenters. The first kappa shape index (κ1) is 26.2. The second-order valence-corrected chi connectivity index (χ2v) is 10.7. The molecule has 12 nitrogen and oxygen atoms in total. The number of fused-ring (bicyclic) bond motifs is 1. The molecule has 0 bridgehead atoms. The van der Waals surface area contributed by atoms with E-state index in [1.165, 1.54) is 9.91 Å². The average molecular weight is 578 g/mol. The van der Waals surface area contributed by atoms with E-state index in [0.29, 0.717) is 12.1 Å². The zero-order chi connectivity index (χ0) is 29.0. The number of carbonyl (C=O) groups excluding carboxylic acids is 2. The van der Waals surface area contributed by atoms with Crippen molar-refractivity contribution in [1.82, 2.24) is 31.0 Å². The number of rotatable bonds is 4. The van der Waals surface area contributed by atoms with Gasteiger partial charge in [0, 0.05) is 63.0 Å². The molecule has 3 amide bonds. The highest BCUT2D eigenvalue weighted by molar-refractivity contribution is 5.92. The number of hydrogen-bond acceptors (Lipinski definition) is 9. The molecular weight excluding hydrogens is 548 g/mol. The summed E-state index contributed by atoms with van der Waals surface area (Å²) in [6, 6.07) is 11.3. The van der Waals surface area contributed by atoms with Gasteiger partial charge in [-0.3, -0.25) is 19.9 Å². The number of benzene rings is 2. The van der Waals surface area contributed by atoms with E-state index < -0.39 is 29.4 Å². The van der Waals surface area contributed by atoms with Crippen LogP contribution < -0.4 is 26.0 Å². The van der Waals surface area contributed by atoms with Gasteiger partial charge in [-0.1, -0.05) is 18.2 Å². The van der Waals surface area contributed by atoms with Crippen LogP contribution >= 0.6 is 0 Å². The summed E-state index contributed by atoms with van der Waals surface area (Å²) in [5.74, 6) is -1.59. The van der Waals surface area contributed by atoms with Crippen LogP contribution in [0.3, 0.4) is 0 Å². The average Bonchev–Trinajstić information content (AvgIpc) is 3.43. The Labute approximate surface area is 240 Å². The number of pyridine rings is 1. The number of halogens is 2. The molecule has 3 fully saturated rings. The van der Waals surface area contributed by atoms with Crippen molar-refractivity contribution >= 4 is 40.1 Å². The molecular formula is C28H29F2N9O3. The number of nitrogens with one attached hydrogen (secondary N) is 3. The Balaban J connectivity index is 1.01. The van der Waals surface area contributed by atoms with E-state index in [2.05, 4.69) is 21.2 Å². The number of ether oxygens (including phenoxy) is 1. The molecule has 14 heteroatoms. The second-order valence-electron chi connectivity index (χ2n) is 10.7. The van der Waals surface area contributed by atoms with Crippen LogP contribution in [0.25, 0.3) is 10.9 Å². The molecule has 7 rings (SSSR count). The first-order valence-corrected chi connectivity index (χ1v) is 13.7. The summed E-state index contributed by atoms with van der Waals surface area (Å²) in [5, 5.41) is 8.80. The minimum absolute atomic E-state index is 0.0705. The van der Waals surface area contributed by atoms with Gasteiger partial charge in [-0.05, 0) is 12.1 Å². The molecule has 0 unspecified atom stereocenters. The zero-order valence-corrected chi connectivity index (χ0v) is 22.8. The highest BCUT2D eigenvalue weighted by Crippen LogP contribution is 2.50. The third-order valence-electron chi connectivity index (χ3n) is 8.07. The maximum atomic E-state index is 15.4. The number of hydrogen-bond donors (Lipinski definition) is 3. The number of urea groups is 1. The summed E-state index contributed by atoms with van der Waals surface area (Å²) in [7, 11) is 1.84. The quantitative estimate of drug-likeness (QED) is 0.431. The van der Waals surface area contributed by atoms with Crippen LogP contribution in [0.2, 0.25) is 0 Å². The fourth-order valence-electron chi connectivity index (χ4n) is 5.84. The lowest BCUT2D eigenvalue weighted by molar-refractivity contribution is 0.00234. The first-order valence-electron chi connectivity index (χ1n) is 13.7. The number of para-hydroxylation sites is 1. The largest absolute Gasteiger partial charge is 0.438 e. The molecule has 0 radical (unpaired) electrons. The van der Waals surface area contributed by atoms with Crippen LogP contribution in [0.15, 0.2) is 61.1 Å². The summed E-state index contributed by atoms with van der Waals surface area (Å²) in [6.45, 7) is 1.09. The van der Waals surface area contributed by atoms with Gasteiger partial charge in [0.05, 0.1) is 42.2 Å². The summed E-state index contributed by atoms with van der Waals surface area (Å²) in [6.07, 6.45) is 5.18. The highest BCUT2D eigenvalue weighted by Gasteiger charge is 2.66. The summed E-state index contributed by atoms with van der Waals surface area (Å²) >= 11 is 0. The van der Waals surface area contributed by atoms with Crippen LogP contribution in [-0.2, 0) is 4.74 Å². The molecule has 3 N–H and O–H groups in total.